The maximum atomic E-state index is 10.5. The van der Waals surface area contributed by atoms with Crippen molar-refractivity contribution in [2.75, 3.05) is 0 Å². The minimum absolute atomic E-state index is 0. The van der Waals surface area contributed by atoms with Gasteiger partial charge in [0, 0.05) is 0 Å². The van der Waals surface area contributed by atoms with Crippen molar-refractivity contribution >= 4 is 27.5 Å². The molecule has 0 radical (unpaired) electrons. The summed E-state index contributed by atoms with van der Waals surface area (Å²) in [5.74, 6) is 0. The molecule has 0 saturated carbocycles. The normalized spacial score (nSPS) is 10.5. The fraction of sp³-hybridized carbons (Fsp3) is 0.143. The van der Waals surface area contributed by atoms with Gasteiger partial charge in [-0.3, -0.25) is 4.55 Å². The molecule has 0 heterocycles. The molecule has 0 fully saturated rings. The molecule has 0 aromatic heterocycles. The van der Waals surface area contributed by atoms with Crippen molar-refractivity contribution in [2.24, 2.45) is 0 Å². The lowest BCUT2D eigenvalue weighted by molar-refractivity contribution is 0.483. The quantitative estimate of drug-likeness (QED) is 0.517. The molecule has 0 spiro atoms. The molecule has 0 amide bonds. The second-order valence-corrected chi connectivity index (χ2v) is 3.71. The largest absolute Gasteiger partial charge is 0.294 e. The van der Waals surface area contributed by atoms with E-state index in [1.54, 1.807) is 12.1 Å². The van der Waals surface area contributed by atoms with E-state index in [-0.39, 0.29) is 22.3 Å². The van der Waals surface area contributed by atoms with Crippen molar-refractivity contribution in [3.05, 3.63) is 29.8 Å². The Morgan fingerprint density at radius 1 is 1.17 bits per heavy atom. The lowest BCUT2D eigenvalue weighted by atomic mass is 10.2. The van der Waals surface area contributed by atoms with Crippen LogP contribution >= 0.6 is 0 Å². The Morgan fingerprint density at radius 3 is 1.92 bits per heavy atom. The van der Waals surface area contributed by atoms with E-state index in [1.807, 2.05) is 6.92 Å². The molecule has 1 N–H and O–H groups in total. The summed E-state index contributed by atoms with van der Waals surface area (Å²) in [6.07, 6.45) is 0. The minimum Gasteiger partial charge on any atom is -0.282 e. The Labute approximate surface area is 82.3 Å². The summed E-state index contributed by atoms with van der Waals surface area (Å²) in [7, 11) is -4.02. The van der Waals surface area contributed by atoms with Crippen LogP contribution in [0.2, 0.25) is 0 Å². The van der Waals surface area contributed by atoms with E-state index < -0.39 is 10.1 Å². The predicted molar refractivity (Wildman–Crippen MR) is 50.9 cm³/mol. The highest BCUT2D eigenvalue weighted by molar-refractivity contribution is 7.85. The van der Waals surface area contributed by atoms with Crippen molar-refractivity contribution in [1.82, 2.24) is 0 Å². The van der Waals surface area contributed by atoms with E-state index in [1.165, 1.54) is 12.1 Å². The molecule has 0 unspecified atom stereocenters. The van der Waals surface area contributed by atoms with Gasteiger partial charge in [0.25, 0.3) is 10.1 Å². The first-order valence-corrected chi connectivity index (χ1v) is 4.48. The SMILES string of the molecule is Cc1ccc(S(=O)(=O)O)cc1.[AlH3]. The third kappa shape index (κ3) is 2.96. The standard InChI is InChI=1S/C7H8O3S.Al.3H/c1-6-2-4-7(5-3-6)11(8,9)10;;;;/h2-5H,1H3,(H,8,9,10);;;;. The van der Waals surface area contributed by atoms with Crippen LogP contribution in [-0.4, -0.2) is 30.3 Å². The average molecular weight is 202 g/mol. The summed E-state index contributed by atoms with van der Waals surface area (Å²) < 4.78 is 29.6. The molecule has 0 atom stereocenters. The molecule has 66 valence electrons. The van der Waals surface area contributed by atoms with Gasteiger partial charge in [0.1, 0.15) is 0 Å². The van der Waals surface area contributed by atoms with Crippen molar-refractivity contribution in [3.63, 3.8) is 0 Å². The summed E-state index contributed by atoms with van der Waals surface area (Å²) in [6.45, 7) is 1.84. The van der Waals surface area contributed by atoms with E-state index in [9.17, 15) is 8.42 Å². The van der Waals surface area contributed by atoms with Crippen molar-refractivity contribution in [3.8, 4) is 0 Å². The van der Waals surface area contributed by atoms with Crippen molar-refractivity contribution < 1.29 is 13.0 Å². The van der Waals surface area contributed by atoms with Crippen LogP contribution in [0.3, 0.4) is 0 Å². The number of rotatable bonds is 1. The highest BCUT2D eigenvalue weighted by Crippen LogP contribution is 2.08. The highest BCUT2D eigenvalue weighted by Gasteiger charge is 2.06. The van der Waals surface area contributed by atoms with E-state index in [0.29, 0.717) is 0 Å². The first kappa shape index (κ1) is 11.7. The number of aryl methyl sites for hydroxylation is 1. The van der Waals surface area contributed by atoms with Crippen molar-refractivity contribution in [1.29, 1.82) is 0 Å². The highest BCUT2D eigenvalue weighted by atomic mass is 32.2. The first-order valence-electron chi connectivity index (χ1n) is 3.04. The molecular formula is C7H11AlO3S. The number of hydrogen-bond acceptors (Lipinski definition) is 2. The molecule has 0 aliphatic rings. The molecule has 3 nitrogen and oxygen atoms in total. The van der Waals surface area contributed by atoms with Gasteiger partial charge in [-0.15, -0.1) is 0 Å². The Kier molecular flexibility index (Phi) is 3.94. The maximum absolute atomic E-state index is 10.5. The van der Waals surface area contributed by atoms with Gasteiger partial charge >= 0.3 is 0 Å². The van der Waals surface area contributed by atoms with Crippen LogP contribution in [0.15, 0.2) is 29.2 Å². The molecule has 1 rings (SSSR count). The van der Waals surface area contributed by atoms with Crippen molar-refractivity contribution in [2.45, 2.75) is 11.8 Å². The smallest absolute Gasteiger partial charge is 0.282 e. The molecule has 1 aromatic rings. The minimum atomic E-state index is -4.02. The van der Waals surface area contributed by atoms with Gasteiger partial charge < -0.3 is 0 Å². The number of benzene rings is 1. The molecule has 0 aliphatic carbocycles. The zero-order chi connectivity index (χ0) is 8.48. The molecular weight excluding hydrogens is 191 g/mol. The Morgan fingerprint density at radius 2 is 1.58 bits per heavy atom. The Balaban J connectivity index is 0.00000121. The van der Waals surface area contributed by atoms with Crippen LogP contribution in [0.5, 0.6) is 0 Å². The lowest BCUT2D eigenvalue weighted by Gasteiger charge is -1.95. The van der Waals surface area contributed by atoms with Gasteiger partial charge in [-0.25, -0.2) is 0 Å². The van der Waals surface area contributed by atoms with Gasteiger partial charge in [-0.05, 0) is 19.1 Å². The van der Waals surface area contributed by atoms with Gasteiger partial charge in [0.2, 0.25) is 0 Å². The van der Waals surface area contributed by atoms with E-state index in [2.05, 4.69) is 0 Å². The maximum Gasteiger partial charge on any atom is 0.294 e. The summed E-state index contributed by atoms with van der Waals surface area (Å²) in [5.41, 5.74) is 0.956. The lowest BCUT2D eigenvalue weighted by Crippen LogP contribution is -1.96. The van der Waals surface area contributed by atoms with Gasteiger partial charge in [-0.1, -0.05) is 17.7 Å². The number of hydrogen-bond donors (Lipinski definition) is 1. The van der Waals surface area contributed by atoms with Crippen LogP contribution in [0.1, 0.15) is 5.56 Å². The third-order valence-electron chi connectivity index (χ3n) is 1.32. The molecule has 0 saturated heterocycles. The van der Waals surface area contributed by atoms with Gasteiger partial charge in [-0.2, -0.15) is 8.42 Å². The monoisotopic (exact) mass is 202 g/mol. The van der Waals surface area contributed by atoms with Gasteiger partial charge in [0.05, 0.1) is 4.90 Å². The summed E-state index contributed by atoms with van der Waals surface area (Å²) in [5, 5.41) is 0. The summed E-state index contributed by atoms with van der Waals surface area (Å²) in [4.78, 5) is -0.0666. The zero-order valence-corrected chi connectivity index (χ0v) is 6.80. The topological polar surface area (TPSA) is 54.4 Å². The fourth-order valence-corrected chi connectivity index (χ4v) is 1.19. The third-order valence-corrected chi connectivity index (χ3v) is 2.19. The Hall–Kier alpha value is -0.338. The average Bonchev–Trinajstić information content (AvgIpc) is 1.86. The molecule has 5 heteroatoms. The second kappa shape index (κ2) is 4.06. The van der Waals surface area contributed by atoms with Crippen LogP contribution in [0.25, 0.3) is 0 Å². The van der Waals surface area contributed by atoms with Crippen LogP contribution < -0.4 is 0 Å². The fourth-order valence-electron chi connectivity index (χ4n) is 0.710. The second-order valence-electron chi connectivity index (χ2n) is 2.29. The summed E-state index contributed by atoms with van der Waals surface area (Å²) in [6, 6.07) is 5.99. The van der Waals surface area contributed by atoms with Crippen LogP contribution in [0.4, 0.5) is 0 Å². The van der Waals surface area contributed by atoms with E-state index >= 15 is 0 Å². The van der Waals surface area contributed by atoms with Crippen LogP contribution in [0, 0.1) is 6.92 Å². The molecule has 12 heavy (non-hydrogen) atoms. The van der Waals surface area contributed by atoms with E-state index in [4.69, 9.17) is 4.55 Å². The van der Waals surface area contributed by atoms with Gasteiger partial charge in [0.15, 0.2) is 17.4 Å². The zero-order valence-electron chi connectivity index (χ0n) is 5.98. The van der Waals surface area contributed by atoms with Crippen LogP contribution in [-0.2, 0) is 10.1 Å². The first-order chi connectivity index (χ1) is 5.00. The molecule has 1 aromatic carbocycles. The summed E-state index contributed by atoms with van der Waals surface area (Å²) >= 11 is 0. The predicted octanol–water partition coefficient (Wildman–Crippen LogP) is 0.0578. The Bertz CT molecular complexity index is 341. The molecule has 0 aliphatic heterocycles. The van der Waals surface area contributed by atoms with E-state index in [0.717, 1.165) is 5.56 Å². The molecule has 0 bridgehead atoms.